The van der Waals surface area contributed by atoms with Gasteiger partial charge in [-0.3, -0.25) is 0 Å². The summed E-state index contributed by atoms with van der Waals surface area (Å²) in [5.74, 6) is 0.288. The maximum atomic E-state index is 12.7. The average Bonchev–Trinajstić information content (AvgIpc) is 2.32. The molecule has 104 valence electrons. The molecule has 5 nitrogen and oxygen atoms in total. The van der Waals surface area contributed by atoms with Crippen LogP contribution in [0.2, 0.25) is 0 Å². The van der Waals surface area contributed by atoms with Crippen LogP contribution in [-0.2, 0) is 0 Å². The van der Waals surface area contributed by atoms with Gasteiger partial charge in [-0.1, -0.05) is 0 Å². The van der Waals surface area contributed by atoms with Crippen molar-refractivity contribution in [2.24, 2.45) is 0 Å². The lowest BCUT2D eigenvalue weighted by atomic mass is 10.2. The van der Waals surface area contributed by atoms with Crippen LogP contribution in [0, 0.1) is 5.82 Å². The first-order valence-corrected chi connectivity index (χ1v) is 6.17. The Labute approximate surface area is 111 Å². The van der Waals surface area contributed by atoms with Crippen LogP contribution in [0.5, 0.6) is 5.75 Å². The third-order valence-electron chi connectivity index (χ3n) is 2.80. The van der Waals surface area contributed by atoms with Gasteiger partial charge in [-0.05, 0) is 31.2 Å². The molecule has 6 heteroatoms. The second-order valence-electron chi connectivity index (χ2n) is 4.63. The largest absolute Gasteiger partial charge is 0.487 e. The molecule has 1 aliphatic rings. The zero-order chi connectivity index (χ0) is 13.8. The molecular weight excluding hydrogens is 251 g/mol. The number of nitrogens with zero attached hydrogens (tertiary/aromatic N) is 1. The van der Waals surface area contributed by atoms with E-state index < -0.39 is 6.10 Å². The van der Waals surface area contributed by atoms with Crippen molar-refractivity contribution < 1.29 is 19.0 Å². The fourth-order valence-electron chi connectivity index (χ4n) is 1.73. The number of aliphatic hydroxyl groups is 1. The number of benzene rings is 1. The molecular formula is C13H17FN2O3. The lowest BCUT2D eigenvalue weighted by molar-refractivity contribution is 0.0433. The Hall–Kier alpha value is -1.82. The van der Waals surface area contributed by atoms with E-state index in [1.54, 1.807) is 24.0 Å². The number of nitrogens with one attached hydrogen (secondary N) is 1. The number of likely N-dealkylation sites (tertiary alicyclic amines) is 1. The summed E-state index contributed by atoms with van der Waals surface area (Å²) in [6, 6.07) is 5.58. The Kier molecular flexibility index (Phi) is 4.21. The van der Waals surface area contributed by atoms with Gasteiger partial charge in [-0.2, -0.15) is 0 Å². The molecule has 1 fully saturated rings. The molecule has 1 aromatic rings. The van der Waals surface area contributed by atoms with Gasteiger partial charge in [0.2, 0.25) is 0 Å². The molecule has 1 atom stereocenters. The number of carbonyl (C=O) groups excluding carboxylic acids is 1. The van der Waals surface area contributed by atoms with Gasteiger partial charge < -0.3 is 20.1 Å². The zero-order valence-electron chi connectivity index (χ0n) is 10.7. The summed E-state index contributed by atoms with van der Waals surface area (Å²) in [6.45, 7) is 2.82. The van der Waals surface area contributed by atoms with E-state index in [1.165, 1.54) is 12.1 Å². The van der Waals surface area contributed by atoms with E-state index in [4.69, 9.17) is 9.84 Å². The van der Waals surface area contributed by atoms with Gasteiger partial charge in [-0.25, -0.2) is 9.18 Å². The van der Waals surface area contributed by atoms with Crippen molar-refractivity contribution in [1.82, 2.24) is 10.2 Å². The van der Waals surface area contributed by atoms with Crippen molar-refractivity contribution in [1.29, 1.82) is 0 Å². The summed E-state index contributed by atoms with van der Waals surface area (Å²) < 4.78 is 18.3. The Bertz CT molecular complexity index is 430. The van der Waals surface area contributed by atoms with E-state index in [1.807, 2.05) is 0 Å². The Morgan fingerprint density at radius 1 is 1.53 bits per heavy atom. The highest BCUT2D eigenvalue weighted by atomic mass is 19.1. The fraction of sp³-hybridized carbons (Fsp3) is 0.462. The molecule has 1 saturated heterocycles. The number of aliphatic hydroxyl groups excluding tert-OH is 1. The van der Waals surface area contributed by atoms with E-state index in [-0.39, 0.29) is 24.5 Å². The van der Waals surface area contributed by atoms with E-state index >= 15 is 0 Å². The van der Waals surface area contributed by atoms with Crippen molar-refractivity contribution in [3.8, 4) is 5.75 Å². The van der Waals surface area contributed by atoms with Crippen LogP contribution in [0.25, 0.3) is 0 Å². The molecule has 2 rings (SSSR count). The smallest absolute Gasteiger partial charge is 0.317 e. The standard InChI is InChI=1S/C13H17FN2O3/c1-9(17)6-15-13(18)16-7-12(8-16)19-11-4-2-10(14)3-5-11/h2-5,9,12,17H,6-8H2,1H3,(H,15,18)/t9-/m0/s1. The minimum absolute atomic E-state index is 0.0669. The number of rotatable bonds is 4. The second-order valence-corrected chi connectivity index (χ2v) is 4.63. The maximum Gasteiger partial charge on any atom is 0.317 e. The van der Waals surface area contributed by atoms with Crippen molar-refractivity contribution in [3.63, 3.8) is 0 Å². The lowest BCUT2D eigenvalue weighted by Gasteiger charge is -2.38. The number of carbonyl (C=O) groups is 1. The predicted molar refractivity (Wildman–Crippen MR) is 67.5 cm³/mol. The Balaban J connectivity index is 1.71. The van der Waals surface area contributed by atoms with Gasteiger partial charge in [0.1, 0.15) is 17.7 Å². The summed E-state index contributed by atoms with van der Waals surface area (Å²) in [6.07, 6.45) is -0.626. The monoisotopic (exact) mass is 268 g/mol. The van der Waals surface area contributed by atoms with Crippen LogP contribution in [-0.4, -0.2) is 47.9 Å². The molecule has 1 heterocycles. The van der Waals surface area contributed by atoms with Crippen LogP contribution in [0.4, 0.5) is 9.18 Å². The summed E-state index contributed by atoms with van der Waals surface area (Å²) >= 11 is 0. The molecule has 1 aromatic carbocycles. The summed E-state index contributed by atoms with van der Waals surface area (Å²) in [5.41, 5.74) is 0. The van der Waals surface area contributed by atoms with Crippen LogP contribution in [0.1, 0.15) is 6.92 Å². The zero-order valence-corrected chi connectivity index (χ0v) is 10.7. The van der Waals surface area contributed by atoms with Crippen LogP contribution in [0.15, 0.2) is 24.3 Å². The van der Waals surface area contributed by atoms with Gasteiger partial charge in [0, 0.05) is 6.54 Å². The number of amides is 2. The number of hydrogen-bond acceptors (Lipinski definition) is 3. The number of ether oxygens (including phenoxy) is 1. The minimum atomic E-state index is -0.559. The first-order chi connectivity index (χ1) is 9.04. The predicted octanol–water partition coefficient (Wildman–Crippen LogP) is 0.979. The fourth-order valence-corrected chi connectivity index (χ4v) is 1.73. The van der Waals surface area contributed by atoms with Gasteiger partial charge >= 0.3 is 6.03 Å². The second kappa shape index (κ2) is 5.88. The van der Waals surface area contributed by atoms with E-state index in [0.29, 0.717) is 18.8 Å². The van der Waals surface area contributed by atoms with Crippen LogP contribution >= 0.6 is 0 Å². The van der Waals surface area contributed by atoms with Crippen molar-refractivity contribution in [2.45, 2.75) is 19.1 Å². The molecule has 0 aromatic heterocycles. The van der Waals surface area contributed by atoms with Crippen LogP contribution < -0.4 is 10.1 Å². The third kappa shape index (κ3) is 3.82. The molecule has 2 N–H and O–H groups in total. The summed E-state index contributed by atoms with van der Waals surface area (Å²) in [7, 11) is 0. The molecule has 0 bridgehead atoms. The first-order valence-electron chi connectivity index (χ1n) is 6.17. The van der Waals surface area contributed by atoms with Gasteiger partial charge in [-0.15, -0.1) is 0 Å². The van der Waals surface area contributed by atoms with E-state index in [2.05, 4.69) is 5.32 Å². The van der Waals surface area contributed by atoms with Gasteiger partial charge in [0.05, 0.1) is 19.2 Å². The third-order valence-corrected chi connectivity index (χ3v) is 2.80. The SMILES string of the molecule is C[C@H](O)CNC(=O)N1CC(Oc2ccc(F)cc2)C1. The number of hydrogen-bond donors (Lipinski definition) is 2. The first kappa shape index (κ1) is 13.6. The van der Waals surface area contributed by atoms with E-state index in [0.717, 1.165) is 0 Å². The van der Waals surface area contributed by atoms with Crippen molar-refractivity contribution in [2.75, 3.05) is 19.6 Å². The Morgan fingerprint density at radius 2 is 2.16 bits per heavy atom. The lowest BCUT2D eigenvalue weighted by Crippen LogP contribution is -2.59. The molecule has 0 aliphatic carbocycles. The summed E-state index contributed by atoms with van der Waals surface area (Å²) in [4.78, 5) is 13.2. The highest BCUT2D eigenvalue weighted by Crippen LogP contribution is 2.18. The van der Waals surface area contributed by atoms with Gasteiger partial charge in [0.15, 0.2) is 0 Å². The van der Waals surface area contributed by atoms with Crippen molar-refractivity contribution >= 4 is 6.03 Å². The Morgan fingerprint density at radius 3 is 2.74 bits per heavy atom. The molecule has 0 saturated carbocycles. The van der Waals surface area contributed by atoms with Crippen molar-refractivity contribution in [3.05, 3.63) is 30.1 Å². The van der Waals surface area contributed by atoms with E-state index in [9.17, 15) is 9.18 Å². The molecule has 1 aliphatic heterocycles. The average molecular weight is 268 g/mol. The quantitative estimate of drug-likeness (QED) is 0.855. The molecule has 2 amide bonds. The van der Waals surface area contributed by atoms with Crippen LogP contribution in [0.3, 0.4) is 0 Å². The molecule has 0 radical (unpaired) electrons. The summed E-state index contributed by atoms with van der Waals surface area (Å²) in [5, 5.41) is 11.7. The number of urea groups is 1. The topological polar surface area (TPSA) is 61.8 Å². The maximum absolute atomic E-state index is 12.7. The van der Waals surface area contributed by atoms with Gasteiger partial charge in [0.25, 0.3) is 0 Å². The minimum Gasteiger partial charge on any atom is -0.487 e. The molecule has 0 unspecified atom stereocenters. The number of halogens is 1. The highest BCUT2D eigenvalue weighted by Gasteiger charge is 2.32. The normalized spacial score (nSPS) is 16.7. The molecule has 19 heavy (non-hydrogen) atoms. The molecule has 0 spiro atoms. The highest BCUT2D eigenvalue weighted by molar-refractivity contribution is 5.75.